The van der Waals surface area contributed by atoms with Gasteiger partial charge in [0.05, 0.1) is 6.26 Å². The van der Waals surface area contributed by atoms with Gasteiger partial charge >= 0.3 is 0 Å². The van der Waals surface area contributed by atoms with E-state index in [-0.39, 0.29) is 0 Å². The number of furan rings is 1. The molecule has 0 saturated heterocycles. The quantitative estimate of drug-likeness (QED) is 0.729. The highest BCUT2D eigenvalue weighted by Crippen LogP contribution is 2.34. The molecular weight excluding hydrogens is 214 g/mol. The van der Waals surface area contributed by atoms with Crippen LogP contribution >= 0.6 is 0 Å². The van der Waals surface area contributed by atoms with Crippen molar-refractivity contribution >= 4 is 0 Å². The van der Waals surface area contributed by atoms with Crippen LogP contribution in [0.5, 0.6) is 0 Å². The normalized spacial score (nSPS) is 19.2. The van der Waals surface area contributed by atoms with Gasteiger partial charge in [-0.1, -0.05) is 0 Å². The molecule has 96 valence electrons. The Hall–Kier alpha value is -0.800. The Morgan fingerprint density at radius 3 is 2.88 bits per heavy atom. The van der Waals surface area contributed by atoms with Gasteiger partial charge in [-0.3, -0.25) is 0 Å². The second-order valence-corrected chi connectivity index (χ2v) is 5.14. The van der Waals surface area contributed by atoms with Gasteiger partial charge in [-0.05, 0) is 50.7 Å². The predicted octanol–water partition coefficient (Wildman–Crippen LogP) is 2.35. The zero-order chi connectivity index (χ0) is 12.1. The minimum absolute atomic E-state index is 0.291. The summed E-state index contributed by atoms with van der Waals surface area (Å²) in [5, 5.41) is 12.7. The van der Waals surface area contributed by atoms with Crippen molar-refractivity contribution in [2.75, 3.05) is 6.61 Å². The summed E-state index contributed by atoms with van der Waals surface area (Å²) in [5.41, 5.74) is 0. The molecular formula is C14H23NO2. The highest BCUT2D eigenvalue weighted by Gasteiger charge is 2.31. The van der Waals surface area contributed by atoms with Crippen molar-refractivity contribution in [3.05, 3.63) is 24.2 Å². The molecule has 2 rings (SSSR count). The SMILES string of the molecule is CC(CCc1ccco1)NC(CCO)C1CC1. The van der Waals surface area contributed by atoms with E-state index >= 15 is 0 Å². The molecule has 3 heteroatoms. The first-order chi connectivity index (χ1) is 8.29. The molecule has 2 N–H and O–H groups in total. The average molecular weight is 237 g/mol. The Morgan fingerprint density at radius 1 is 1.47 bits per heavy atom. The molecule has 17 heavy (non-hydrogen) atoms. The summed E-state index contributed by atoms with van der Waals surface area (Å²) in [4.78, 5) is 0. The fourth-order valence-corrected chi connectivity index (χ4v) is 2.36. The summed E-state index contributed by atoms with van der Waals surface area (Å²) in [5.74, 6) is 1.86. The summed E-state index contributed by atoms with van der Waals surface area (Å²) in [6.07, 6.45) is 7.33. The average Bonchev–Trinajstić information content (AvgIpc) is 3.03. The lowest BCUT2D eigenvalue weighted by Gasteiger charge is -2.22. The van der Waals surface area contributed by atoms with Gasteiger partial charge in [0.15, 0.2) is 0 Å². The van der Waals surface area contributed by atoms with Gasteiger partial charge in [-0.15, -0.1) is 0 Å². The van der Waals surface area contributed by atoms with Crippen molar-refractivity contribution in [3.63, 3.8) is 0 Å². The first-order valence-corrected chi connectivity index (χ1v) is 6.69. The Kier molecular flexibility index (Phi) is 4.63. The van der Waals surface area contributed by atoms with Crippen LogP contribution in [0.25, 0.3) is 0 Å². The highest BCUT2D eigenvalue weighted by atomic mass is 16.3. The van der Waals surface area contributed by atoms with E-state index in [2.05, 4.69) is 12.2 Å². The van der Waals surface area contributed by atoms with E-state index < -0.39 is 0 Å². The molecule has 0 amide bonds. The number of aliphatic hydroxyl groups excluding tert-OH is 1. The van der Waals surface area contributed by atoms with Crippen LogP contribution in [0.4, 0.5) is 0 Å². The van der Waals surface area contributed by atoms with Crippen LogP contribution in [0.15, 0.2) is 22.8 Å². The maximum Gasteiger partial charge on any atom is 0.103 e. The zero-order valence-corrected chi connectivity index (χ0v) is 10.6. The first kappa shape index (κ1) is 12.7. The Bertz CT molecular complexity index is 306. The van der Waals surface area contributed by atoms with Crippen LogP contribution in [-0.4, -0.2) is 23.8 Å². The predicted molar refractivity (Wildman–Crippen MR) is 67.8 cm³/mol. The third kappa shape index (κ3) is 4.17. The molecule has 1 saturated carbocycles. The van der Waals surface area contributed by atoms with Crippen LogP contribution in [0.2, 0.25) is 0 Å². The van der Waals surface area contributed by atoms with Crippen LogP contribution in [0.1, 0.15) is 38.4 Å². The fraction of sp³-hybridized carbons (Fsp3) is 0.714. The molecule has 2 unspecified atom stereocenters. The molecule has 0 aromatic carbocycles. The molecule has 1 fully saturated rings. The zero-order valence-electron chi connectivity index (χ0n) is 10.6. The molecule has 3 nitrogen and oxygen atoms in total. The lowest BCUT2D eigenvalue weighted by atomic mass is 10.1. The molecule has 0 spiro atoms. The van der Waals surface area contributed by atoms with Gasteiger partial charge in [0.1, 0.15) is 5.76 Å². The number of aryl methyl sites for hydroxylation is 1. The van der Waals surface area contributed by atoms with Crippen molar-refractivity contribution in [2.24, 2.45) is 5.92 Å². The lowest BCUT2D eigenvalue weighted by molar-refractivity contribution is 0.248. The monoisotopic (exact) mass is 237 g/mol. The number of rotatable bonds is 8. The molecule has 1 heterocycles. The third-order valence-corrected chi connectivity index (χ3v) is 3.53. The van der Waals surface area contributed by atoms with Gasteiger partial charge in [-0.25, -0.2) is 0 Å². The summed E-state index contributed by atoms with van der Waals surface area (Å²) >= 11 is 0. The standard InChI is InChI=1S/C14H23NO2/c1-11(4-7-13-3-2-10-17-13)15-14(8-9-16)12-5-6-12/h2-3,10-12,14-16H,4-9H2,1H3. The van der Waals surface area contributed by atoms with Gasteiger partial charge in [0.2, 0.25) is 0 Å². The van der Waals surface area contributed by atoms with Crippen molar-refractivity contribution in [3.8, 4) is 0 Å². The van der Waals surface area contributed by atoms with Gasteiger partial charge in [0.25, 0.3) is 0 Å². The van der Waals surface area contributed by atoms with Crippen LogP contribution in [-0.2, 0) is 6.42 Å². The van der Waals surface area contributed by atoms with Gasteiger partial charge in [-0.2, -0.15) is 0 Å². The molecule has 0 radical (unpaired) electrons. The molecule has 0 bridgehead atoms. The minimum Gasteiger partial charge on any atom is -0.469 e. The Labute approximate surface area is 103 Å². The Morgan fingerprint density at radius 2 is 2.29 bits per heavy atom. The summed E-state index contributed by atoms with van der Waals surface area (Å²) in [7, 11) is 0. The smallest absolute Gasteiger partial charge is 0.103 e. The van der Waals surface area contributed by atoms with E-state index in [1.807, 2.05) is 12.1 Å². The summed E-state index contributed by atoms with van der Waals surface area (Å²) in [6.45, 7) is 2.51. The van der Waals surface area contributed by atoms with Crippen molar-refractivity contribution in [1.29, 1.82) is 0 Å². The minimum atomic E-state index is 0.291. The van der Waals surface area contributed by atoms with E-state index in [1.54, 1.807) is 6.26 Å². The van der Waals surface area contributed by atoms with Crippen LogP contribution in [0.3, 0.4) is 0 Å². The van der Waals surface area contributed by atoms with Gasteiger partial charge in [0, 0.05) is 25.1 Å². The van der Waals surface area contributed by atoms with E-state index in [0.717, 1.165) is 30.9 Å². The molecule has 0 aliphatic heterocycles. The summed E-state index contributed by atoms with van der Waals surface area (Å²) in [6, 6.07) is 4.95. The third-order valence-electron chi connectivity index (χ3n) is 3.53. The van der Waals surface area contributed by atoms with E-state index in [9.17, 15) is 0 Å². The molecule has 1 aliphatic rings. The fourth-order valence-electron chi connectivity index (χ4n) is 2.36. The molecule has 1 aliphatic carbocycles. The number of nitrogens with one attached hydrogen (secondary N) is 1. The molecule has 1 aromatic rings. The van der Waals surface area contributed by atoms with Crippen LogP contribution < -0.4 is 5.32 Å². The number of aliphatic hydroxyl groups is 1. The second-order valence-electron chi connectivity index (χ2n) is 5.14. The first-order valence-electron chi connectivity index (χ1n) is 6.69. The summed E-state index contributed by atoms with van der Waals surface area (Å²) < 4.78 is 5.33. The number of hydrogen-bond donors (Lipinski definition) is 2. The Balaban J connectivity index is 1.69. The van der Waals surface area contributed by atoms with Crippen molar-refractivity contribution in [2.45, 2.75) is 51.1 Å². The number of hydrogen-bond acceptors (Lipinski definition) is 3. The molecule has 1 aromatic heterocycles. The second kappa shape index (κ2) is 6.22. The maximum atomic E-state index is 9.05. The van der Waals surface area contributed by atoms with Crippen molar-refractivity contribution < 1.29 is 9.52 Å². The molecule has 2 atom stereocenters. The highest BCUT2D eigenvalue weighted by molar-refractivity contribution is 4.98. The van der Waals surface area contributed by atoms with Crippen LogP contribution in [0, 0.1) is 5.92 Å². The van der Waals surface area contributed by atoms with E-state index in [1.165, 1.54) is 12.8 Å². The largest absolute Gasteiger partial charge is 0.469 e. The van der Waals surface area contributed by atoms with E-state index in [4.69, 9.17) is 9.52 Å². The maximum absolute atomic E-state index is 9.05. The van der Waals surface area contributed by atoms with E-state index in [0.29, 0.717) is 18.7 Å². The van der Waals surface area contributed by atoms with Gasteiger partial charge < -0.3 is 14.8 Å². The lowest BCUT2D eigenvalue weighted by Crippen LogP contribution is -2.38. The topological polar surface area (TPSA) is 45.4 Å². The van der Waals surface area contributed by atoms with Crippen molar-refractivity contribution in [1.82, 2.24) is 5.32 Å².